The minimum atomic E-state index is -1.10. The molecule has 0 saturated carbocycles. The van der Waals surface area contributed by atoms with E-state index in [1.807, 2.05) is 6.26 Å². The Hall–Kier alpha value is -1.68. The highest BCUT2D eigenvalue weighted by atomic mass is 32.2. The topological polar surface area (TPSA) is 17.1 Å². The van der Waals surface area contributed by atoms with E-state index in [0.29, 0.717) is 5.56 Å². The molecule has 0 aliphatic rings. The minimum absolute atomic E-state index is 0.244. The van der Waals surface area contributed by atoms with E-state index in [2.05, 4.69) is 0 Å². The second-order valence-electron chi connectivity index (χ2n) is 3.66. The van der Waals surface area contributed by atoms with Crippen molar-refractivity contribution in [3.63, 3.8) is 0 Å². The van der Waals surface area contributed by atoms with Crippen molar-refractivity contribution in [3.8, 4) is 0 Å². The molecule has 0 aliphatic carbocycles. The quantitative estimate of drug-likeness (QED) is 0.617. The van der Waals surface area contributed by atoms with Crippen LogP contribution in [0, 0.1) is 11.6 Å². The van der Waals surface area contributed by atoms with Crippen LogP contribution in [0.4, 0.5) is 8.78 Å². The first-order chi connectivity index (χ1) is 8.63. The maximum absolute atomic E-state index is 13.5. The van der Waals surface area contributed by atoms with Crippen molar-refractivity contribution < 1.29 is 13.6 Å². The molecule has 0 amide bonds. The number of hydrogen-bond acceptors (Lipinski definition) is 2. The van der Waals surface area contributed by atoms with Gasteiger partial charge in [0.2, 0.25) is 0 Å². The third-order valence-electron chi connectivity index (χ3n) is 2.55. The average Bonchev–Trinajstić information content (AvgIpc) is 2.41. The molecule has 92 valence electrons. The molecule has 1 nitrogen and oxygen atoms in total. The Morgan fingerprint density at radius 2 is 1.72 bits per heavy atom. The van der Waals surface area contributed by atoms with E-state index in [1.54, 1.807) is 36.0 Å². The van der Waals surface area contributed by atoms with Crippen molar-refractivity contribution >= 4 is 17.5 Å². The number of hydrogen-bond donors (Lipinski definition) is 0. The summed E-state index contributed by atoms with van der Waals surface area (Å²) in [6, 6.07) is 10.4. The van der Waals surface area contributed by atoms with Crippen LogP contribution in [0.2, 0.25) is 0 Å². The molecule has 18 heavy (non-hydrogen) atoms. The van der Waals surface area contributed by atoms with Crippen molar-refractivity contribution in [3.05, 3.63) is 65.2 Å². The van der Waals surface area contributed by atoms with Gasteiger partial charge >= 0.3 is 0 Å². The van der Waals surface area contributed by atoms with Gasteiger partial charge in [-0.25, -0.2) is 8.78 Å². The zero-order chi connectivity index (χ0) is 13.1. The molecule has 0 unspecified atom stereocenters. The molecule has 0 aromatic heterocycles. The van der Waals surface area contributed by atoms with Gasteiger partial charge in [0.25, 0.3) is 0 Å². The van der Waals surface area contributed by atoms with Crippen molar-refractivity contribution in [1.29, 1.82) is 0 Å². The summed E-state index contributed by atoms with van der Waals surface area (Å²) in [5, 5.41) is 0. The zero-order valence-electron chi connectivity index (χ0n) is 9.61. The predicted molar refractivity (Wildman–Crippen MR) is 68.0 cm³/mol. The first-order valence-electron chi connectivity index (χ1n) is 5.26. The molecule has 0 heterocycles. The third kappa shape index (κ3) is 2.43. The van der Waals surface area contributed by atoms with Crippen LogP contribution in [0.5, 0.6) is 0 Å². The monoisotopic (exact) mass is 264 g/mol. The lowest BCUT2D eigenvalue weighted by Crippen LogP contribution is -2.05. The molecule has 0 N–H and O–H groups in total. The molecule has 2 aromatic rings. The average molecular weight is 264 g/mol. The van der Waals surface area contributed by atoms with E-state index in [0.717, 1.165) is 11.0 Å². The molecule has 4 heteroatoms. The molecule has 2 aromatic carbocycles. The number of carbonyl (C=O) groups excluding carboxylic acids is 1. The second-order valence-corrected chi connectivity index (χ2v) is 4.54. The Labute approximate surface area is 108 Å². The van der Waals surface area contributed by atoms with E-state index in [-0.39, 0.29) is 5.56 Å². The van der Waals surface area contributed by atoms with Crippen molar-refractivity contribution in [1.82, 2.24) is 0 Å². The number of benzene rings is 2. The molecule has 0 saturated heterocycles. The number of rotatable bonds is 3. The van der Waals surface area contributed by atoms with Crippen molar-refractivity contribution in [2.75, 3.05) is 6.26 Å². The van der Waals surface area contributed by atoms with Gasteiger partial charge in [0.15, 0.2) is 17.4 Å². The summed E-state index contributed by atoms with van der Waals surface area (Å²) >= 11 is 1.55. The molecular weight excluding hydrogens is 254 g/mol. The summed E-state index contributed by atoms with van der Waals surface area (Å²) in [6.45, 7) is 0. The molecule has 0 radical (unpaired) electrons. The van der Waals surface area contributed by atoms with E-state index < -0.39 is 17.4 Å². The van der Waals surface area contributed by atoms with Gasteiger partial charge in [-0.1, -0.05) is 6.07 Å². The zero-order valence-corrected chi connectivity index (χ0v) is 10.4. The lowest BCUT2D eigenvalue weighted by molar-refractivity contribution is 0.103. The summed E-state index contributed by atoms with van der Waals surface area (Å²) in [4.78, 5) is 13.0. The first-order valence-corrected chi connectivity index (χ1v) is 6.48. The van der Waals surface area contributed by atoms with Crippen LogP contribution >= 0.6 is 11.8 Å². The summed E-state index contributed by atoms with van der Waals surface area (Å²) in [5.41, 5.74) is 0.101. The fraction of sp³-hybridized carbons (Fsp3) is 0.0714. The van der Waals surface area contributed by atoms with Gasteiger partial charge < -0.3 is 0 Å². The third-order valence-corrected chi connectivity index (χ3v) is 3.29. The Kier molecular flexibility index (Phi) is 3.77. The largest absolute Gasteiger partial charge is 0.288 e. The maximum Gasteiger partial charge on any atom is 0.196 e. The van der Waals surface area contributed by atoms with Crippen LogP contribution in [0.15, 0.2) is 47.4 Å². The summed E-state index contributed by atoms with van der Waals surface area (Å²) in [7, 11) is 0. The fourth-order valence-electron chi connectivity index (χ4n) is 1.58. The molecule has 0 fully saturated rings. The first kappa shape index (κ1) is 12.8. The van der Waals surface area contributed by atoms with Crippen LogP contribution < -0.4 is 0 Å². The minimum Gasteiger partial charge on any atom is -0.288 e. The number of halogens is 2. The summed E-state index contributed by atoms with van der Waals surface area (Å²) < 4.78 is 26.5. The molecular formula is C14H10F2OS. The summed E-state index contributed by atoms with van der Waals surface area (Å²) in [6.07, 6.45) is 1.92. The fourth-order valence-corrected chi connectivity index (χ4v) is 1.99. The van der Waals surface area contributed by atoms with Gasteiger partial charge in [0.05, 0.1) is 5.56 Å². The van der Waals surface area contributed by atoms with Crippen LogP contribution in [0.1, 0.15) is 15.9 Å². The van der Waals surface area contributed by atoms with Crippen molar-refractivity contribution in [2.24, 2.45) is 0 Å². The van der Waals surface area contributed by atoms with Gasteiger partial charge in [0.1, 0.15) is 0 Å². The van der Waals surface area contributed by atoms with Crippen LogP contribution in [-0.2, 0) is 0 Å². The lowest BCUT2D eigenvalue weighted by atomic mass is 10.0. The van der Waals surface area contributed by atoms with Gasteiger partial charge in [-0.2, -0.15) is 0 Å². The number of ketones is 1. The van der Waals surface area contributed by atoms with Gasteiger partial charge in [-0.15, -0.1) is 11.8 Å². The van der Waals surface area contributed by atoms with Crippen molar-refractivity contribution in [2.45, 2.75) is 4.90 Å². The Balaban J connectivity index is 2.38. The highest BCUT2D eigenvalue weighted by Crippen LogP contribution is 2.19. The van der Waals surface area contributed by atoms with E-state index in [4.69, 9.17) is 0 Å². The number of thioether (sulfide) groups is 1. The summed E-state index contributed by atoms with van der Waals surface area (Å²) in [5.74, 6) is -2.63. The second kappa shape index (κ2) is 5.31. The Morgan fingerprint density at radius 3 is 2.33 bits per heavy atom. The predicted octanol–water partition coefficient (Wildman–Crippen LogP) is 3.92. The van der Waals surface area contributed by atoms with Crippen LogP contribution in [0.3, 0.4) is 0 Å². The Morgan fingerprint density at radius 1 is 1.06 bits per heavy atom. The van der Waals surface area contributed by atoms with E-state index >= 15 is 0 Å². The normalized spacial score (nSPS) is 10.4. The van der Waals surface area contributed by atoms with Gasteiger partial charge in [0, 0.05) is 10.5 Å². The smallest absolute Gasteiger partial charge is 0.196 e. The highest BCUT2D eigenvalue weighted by molar-refractivity contribution is 7.98. The van der Waals surface area contributed by atoms with Gasteiger partial charge in [-0.3, -0.25) is 4.79 Å². The molecule has 0 atom stereocenters. The molecule has 0 bridgehead atoms. The molecule has 0 spiro atoms. The van der Waals surface area contributed by atoms with E-state index in [1.165, 1.54) is 12.1 Å². The maximum atomic E-state index is 13.5. The molecule has 0 aliphatic heterocycles. The van der Waals surface area contributed by atoms with Gasteiger partial charge in [-0.05, 0) is 42.7 Å². The highest BCUT2D eigenvalue weighted by Gasteiger charge is 2.16. The molecule has 2 rings (SSSR count). The standard InChI is InChI=1S/C14H10F2OS/c1-18-10-7-5-9(6-8-10)14(17)11-3-2-4-12(15)13(11)16/h2-8H,1H3. The lowest BCUT2D eigenvalue weighted by Gasteiger charge is -2.04. The van der Waals surface area contributed by atoms with Crippen LogP contribution in [0.25, 0.3) is 0 Å². The van der Waals surface area contributed by atoms with E-state index in [9.17, 15) is 13.6 Å². The SMILES string of the molecule is CSc1ccc(C(=O)c2cccc(F)c2F)cc1. The number of carbonyl (C=O) groups is 1. The van der Waals surface area contributed by atoms with Crippen LogP contribution in [-0.4, -0.2) is 12.0 Å². The Bertz CT molecular complexity index is 579.